The largest absolute Gasteiger partial charge is 0.265 e. The summed E-state index contributed by atoms with van der Waals surface area (Å²) in [5, 5.41) is 0. The minimum Gasteiger partial charge on any atom is -0.265 e. The zero-order valence-corrected chi connectivity index (χ0v) is 14.5. The lowest BCUT2D eigenvalue weighted by Gasteiger charge is -2.24. The lowest BCUT2D eigenvalue weighted by atomic mass is 10.2. The highest BCUT2D eigenvalue weighted by Gasteiger charge is 2.24. The molecule has 0 aliphatic heterocycles. The normalized spacial score (nSPS) is 11.3. The third-order valence-electron chi connectivity index (χ3n) is 3.74. The van der Waals surface area contributed by atoms with Gasteiger partial charge in [0.25, 0.3) is 0 Å². The van der Waals surface area contributed by atoms with Gasteiger partial charge in [0.2, 0.25) is 10.0 Å². The molecule has 0 saturated heterocycles. The monoisotopic (exact) mass is 374 g/mol. The van der Waals surface area contributed by atoms with E-state index in [2.05, 4.69) is 4.98 Å². The van der Waals surface area contributed by atoms with Gasteiger partial charge in [0, 0.05) is 12.4 Å². The van der Waals surface area contributed by atoms with Crippen LogP contribution in [0.5, 0.6) is 0 Å². The minimum absolute atomic E-state index is 0.0147. The van der Waals surface area contributed by atoms with Gasteiger partial charge in [0.1, 0.15) is 11.6 Å². The Morgan fingerprint density at radius 2 is 1.65 bits per heavy atom. The summed E-state index contributed by atoms with van der Waals surface area (Å²) in [7, 11) is -3.84. The van der Waals surface area contributed by atoms with Gasteiger partial charge in [-0.3, -0.25) is 9.29 Å². The van der Waals surface area contributed by atoms with Gasteiger partial charge < -0.3 is 0 Å². The number of halogens is 2. The topological polar surface area (TPSA) is 50.3 Å². The Balaban J connectivity index is 1.96. The van der Waals surface area contributed by atoms with Crippen LogP contribution < -0.4 is 4.31 Å². The Morgan fingerprint density at radius 3 is 2.31 bits per heavy atom. The molecule has 0 unspecified atom stereocenters. The first-order valence-electron chi connectivity index (χ1n) is 7.83. The Morgan fingerprint density at radius 1 is 0.885 bits per heavy atom. The van der Waals surface area contributed by atoms with Gasteiger partial charge in [-0.05, 0) is 47.5 Å². The zero-order chi connectivity index (χ0) is 18.6. The number of anilines is 1. The molecule has 0 N–H and O–H groups in total. The van der Waals surface area contributed by atoms with E-state index in [0.29, 0.717) is 11.1 Å². The van der Waals surface area contributed by atoms with Crippen LogP contribution >= 0.6 is 0 Å². The summed E-state index contributed by atoms with van der Waals surface area (Å²) >= 11 is 0. The molecule has 2 aromatic carbocycles. The minimum atomic E-state index is -3.84. The molecule has 0 fully saturated rings. The molecule has 4 nitrogen and oxygen atoms in total. The van der Waals surface area contributed by atoms with Crippen LogP contribution in [0.15, 0.2) is 73.1 Å². The van der Waals surface area contributed by atoms with Gasteiger partial charge in [-0.2, -0.15) is 0 Å². The van der Waals surface area contributed by atoms with Crippen molar-refractivity contribution in [1.29, 1.82) is 0 Å². The molecule has 1 aromatic heterocycles. The van der Waals surface area contributed by atoms with Gasteiger partial charge in [-0.15, -0.1) is 0 Å². The van der Waals surface area contributed by atoms with Crippen LogP contribution in [0.4, 0.5) is 14.5 Å². The lowest BCUT2D eigenvalue weighted by molar-refractivity contribution is 0.588. The van der Waals surface area contributed by atoms with Crippen LogP contribution in [0, 0.1) is 11.6 Å². The summed E-state index contributed by atoms with van der Waals surface area (Å²) < 4.78 is 53.8. The molecule has 7 heteroatoms. The third-order valence-corrected chi connectivity index (χ3v) is 5.45. The highest BCUT2D eigenvalue weighted by molar-refractivity contribution is 7.92. The molecule has 0 spiro atoms. The molecule has 0 amide bonds. The number of rotatable bonds is 6. The summed E-state index contributed by atoms with van der Waals surface area (Å²) in [5.41, 5.74) is 1.33. The predicted molar refractivity (Wildman–Crippen MR) is 95.8 cm³/mol. The molecule has 0 aliphatic carbocycles. The number of pyridine rings is 1. The van der Waals surface area contributed by atoms with Crippen LogP contribution in [-0.4, -0.2) is 13.4 Å². The molecular formula is C19H16F2N2O2S. The van der Waals surface area contributed by atoms with E-state index < -0.39 is 21.7 Å². The third kappa shape index (κ3) is 4.43. The second kappa shape index (κ2) is 7.61. The fourth-order valence-corrected chi connectivity index (χ4v) is 4.06. The van der Waals surface area contributed by atoms with E-state index in [4.69, 9.17) is 0 Å². The van der Waals surface area contributed by atoms with Gasteiger partial charge in [0.15, 0.2) is 0 Å². The number of benzene rings is 2. The van der Waals surface area contributed by atoms with E-state index in [1.807, 2.05) is 0 Å². The Kier molecular flexibility index (Phi) is 5.27. The highest BCUT2D eigenvalue weighted by Crippen LogP contribution is 2.24. The molecule has 1 heterocycles. The molecule has 0 atom stereocenters. The van der Waals surface area contributed by atoms with E-state index in [0.717, 1.165) is 4.31 Å². The van der Waals surface area contributed by atoms with Gasteiger partial charge in [-0.1, -0.05) is 24.3 Å². The van der Waals surface area contributed by atoms with Crippen LogP contribution in [0.2, 0.25) is 0 Å². The second-order valence-corrected chi connectivity index (χ2v) is 7.62. The first kappa shape index (κ1) is 18.0. The van der Waals surface area contributed by atoms with E-state index in [-0.39, 0.29) is 18.0 Å². The van der Waals surface area contributed by atoms with Crippen molar-refractivity contribution in [1.82, 2.24) is 4.98 Å². The van der Waals surface area contributed by atoms with Crippen LogP contribution in [-0.2, 0) is 22.3 Å². The summed E-state index contributed by atoms with van der Waals surface area (Å²) in [6.45, 7) is 0.0147. The van der Waals surface area contributed by atoms with E-state index in [1.54, 1.807) is 24.5 Å². The molecule has 3 rings (SSSR count). The summed E-state index contributed by atoms with van der Waals surface area (Å²) in [5.74, 6) is -1.30. The average Bonchev–Trinajstić information content (AvgIpc) is 2.62. The molecule has 0 bridgehead atoms. The number of sulfonamides is 1. The van der Waals surface area contributed by atoms with Gasteiger partial charge in [0.05, 0.1) is 18.0 Å². The van der Waals surface area contributed by atoms with Crippen molar-refractivity contribution in [2.24, 2.45) is 0 Å². The lowest BCUT2D eigenvalue weighted by Crippen LogP contribution is -2.31. The quantitative estimate of drug-likeness (QED) is 0.658. The maximum absolute atomic E-state index is 13.7. The molecule has 0 aliphatic rings. The zero-order valence-electron chi connectivity index (χ0n) is 13.7. The first-order valence-corrected chi connectivity index (χ1v) is 9.44. The van der Waals surface area contributed by atoms with Crippen LogP contribution in [0.3, 0.4) is 0 Å². The molecule has 0 radical (unpaired) electrons. The van der Waals surface area contributed by atoms with Crippen molar-refractivity contribution in [3.63, 3.8) is 0 Å². The Labute approximate surface area is 150 Å². The second-order valence-electron chi connectivity index (χ2n) is 5.73. The van der Waals surface area contributed by atoms with Crippen LogP contribution in [0.1, 0.15) is 11.1 Å². The van der Waals surface area contributed by atoms with Crippen molar-refractivity contribution in [2.45, 2.75) is 12.3 Å². The predicted octanol–water partition coefficient (Wildman–Crippen LogP) is 3.90. The number of hydrogen-bond acceptors (Lipinski definition) is 3. The number of hydrogen-bond donors (Lipinski definition) is 0. The average molecular weight is 374 g/mol. The van der Waals surface area contributed by atoms with E-state index >= 15 is 0 Å². The Hall–Kier alpha value is -2.80. The van der Waals surface area contributed by atoms with Crippen molar-refractivity contribution >= 4 is 15.7 Å². The summed E-state index contributed by atoms with van der Waals surface area (Å²) in [4.78, 5) is 3.99. The molecular weight excluding hydrogens is 358 g/mol. The highest BCUT2D eigenvalue weighted by atomic mass is 32.2. The van der Waals surface area contributed by atoms with E-state index in [1.165, 1.54) is 48.5 Å². The van der Waals surface area contributed by atoms with E-state index in [9.17, 15) is 17.2 Å². The molecule has 26 heavy (non-hydrogen) atoms. The fraction of sp³-hybridized carbons (Fsp3) is 0.105. The van der Waals surface area contributed by atoms with Crippen molar-refractivity contribution in [3.8, 4) is 0 Å². The first-order chi connectivity index (χ1) is 12.4. The standard InChI is InChI=1S/C19H16F2N2O2S/c20-17-8-6-15(7-9-17)14-26(24,25)23(13-16-3-2-10-22-12-16)19-5-1-4-18(21)11-19/h1-12H,13-14H2. The smallest absolute Gasteiger partial charge is 0.239 e. The maximum Gasteiger partial charge on any atom is 0.239 e. The molecule has 134 valence electrons. The van der Waals surface area contributed by atoms with Crippen molar-refractivity contribution in [3.05, 3.63) is 95.8 Å². The van der Waals surface area contributed by atoms with Gasteiger partial charge >= 0.3 is 0 Å². The number of aromatic nitrogens is 1. The number of nitrogens with zero attached hydrogens (tertiary/aromatic N) is 2. The van der Waals surface area contributed by atoms with Crippen molar-refractivity contribution in [2.75, 3.05) is 4.31 Å². The van der Waals surface area contributed by atoms with Crippen molar-refractivity contribution < 1.29 is 17.2 Å². The summed E-state index contributed by atoms with van der Waals surface area (Å²) in [6.07, 6.45) is 3.14. The molecule has 0 saturated carbocycles. The fourth-order valence-electron chi connectivity index (χ4n) is 2.51. The molecule has 3 aromatic rings. The maximum atomic E-state index is 13.7. The Bertz CT molecular complexity index is 978. The van der Waals surface area contributed by atoms with Gasteiger partial charge in [-0.25, -0.2) is 17.2 Å². The SMILES string of the molecule is O=S(=O)(Cc1ccc(F)cc1)N(Cc1cccnc1)c1cccc(F)c1. The van der Waals surface area contributed by atoms with Crippen LogP contribution in [0.25, 0.3) is 0 Å². The summed E-state index contributed by atoms with van der Waals surface area (Å²) in [6, 6.07) is 14.1.